The molecule has 2 fully saturated rings. The molecule has 4 heterocycles. The largest absolute Gasteiger partial charge is 0.366 e. The summed E-state index contributed by atoms with van der Waals surface area (Å²) in [5, 5.41) is 4.23. The Labute approximate surface area is 212 Å². The number of carbonyl (C=O) groups is 1. The Morgan fingerprint density at radius 3 is 2.77 bits per heavy atom. The third-order valence-corrected chi connectivity index (χ3v) is 8.33. The monoisotopic (exact) mass is 492 g/mol. The lowest BCUT2D eigenvalue weighted by Crippen LogP contribution is -2.52. The zero-order valence-electron chi connectivity index (χ0n) is 20.8. The molecular formula is C27H36N6OS. The summed E-state index contributed by atoms with van der Waals surface area (Å²) in [7, 11) is 0. The molecule has 0 spiro atoms. The number of fused-ring (bicyclic) bond motifs is 1. The van der Waals surface area contributed by atoms with Crippen molar-refractivity contribution in [2.45, 2.75) is 39.2 Å². The standard InChI is InChI=1S/C27H36N6OS/c1-20-6-3-7-23(18-20)33-17-16-31(19-21(33)2)13-5-12-28-25(34)22-9-14-32(15-10-22)27-30-24-8-4-11-29-26(24)35-27/h3-4,6-8,11,18,21-22H,5,9-10,12-17,19H2,1-2H3,(H,28,34)/t21-/m0/s1. The minimum absolute atomic E-state index is 0.108. The molecule has 1 amide bonds. The highest BCUT2D eigenvalue weighted by Gasteiger charge is 2.27. The van der Waals surface area contributed by atoms with Crippen LogP contribution in [0.3, 0.4) is 0 Å². The Morgan fingerprint density at radius 1 is 1.14 bits per heavy atom. The number of aryl methyl sites for hydroxylation is 1. The number of anilines is 2. The lowest BCUT2D eigenvalue weighted by molar-refractivity contribution is -0.125. The summed E-state index contributed by atoms with van der Waals surface area (Å²) in [6.07, 6.45) is 4.58. The van der Waals surface area contributed by atoms with Crippen LogP contribution in [-0.4, -0.2) is 72.6 Å². The van der Waals surface area contributed by atoms with Crippen molar-refractivity contribution in [1.29, 1.82) is 0 Å². The topological polar surface area (TPSA) is 64.6 Å². The molecule has 1 aromatic carbocycles. The number of carbonyl (C=O) groups excluding carboxylic acids is 1. The van der Waals surface area contributed by atoms with E-state index in [1.54, 1.807) is 11.3 Å². The minimum atomic E-state index is 0.108. The summed E-state index contributed by atoms with van der Waals surface area (Å²) >= 11 is 1.64. The molecule has 0 unspecified atom stereocenters. The number of piperazine rings is 1. The predicted octanol–water partition coefficient (Wildman–Crippen LogP) is 3.93. The van der Waals surface area contributed by atoms with Crippen molar-refractivity contribution in [2.24, 2.45) is 5.92 Å². The summed E-state index contributed by atoms with van der Waals surface area (Å²) in [6, 6.07) is 13.2. The number of hydrogen-bond donors (Lipinski definition) is 1. The van der Waals surface area contributed by atoms with Crippen LogP contribution in [0.5, 0.6) is 0 Å². The van der Waals surface area contributed by atoms with Crippen LogP contribution in [0.15, 0.2) is 42.6 Å². The fraction of sp³-hybridized carbons (Fsp3) is 0.519. The zero-order valence-corrected chi connectivity index (χ0v) is 21.6. The Kier molecular flexibility index (Phi) is 7.48. The van der Waals surface area contributed by atoms with Gasteiger partial charge in [-0.2, -0.15) is 0 Å². The van der Waals surface area contributed by atoms with E-state index in [0.29, 0.717) is 6.04 Å². The molecule has 2 aliphatic heterocycles. The highest BCUT2D eigenvalue weighted by molar-refractivity contribution is 7.21. The van der Waals surface area contributed by atoms with Crippen LogP contribution in [0.2, 0.25) is 0 Å². The SMILES string of the molecule is Cc1cccc(N2CCN(CCCNC(=O)C3CCN(c4nc5cccnc5s4)CC3)C[C@@H]2C)c1. The third kappa shape index (κ3) is 5.76. The quantitative estimate of drug-likeness (QED) is 0.504. The lowest BCUT2D eigenvalue weighted by atomic mass is 9.96. The van der Waals surface area contributed by atoms with Gasteiger partial charge < -0.3 is 15.1 Å². The van der Waals surface area contributed by atoms with Gasteiger partial charge in [-0.05, 0) is 69.5 Å². The number of pyridine rings is 1. The second-order valence-electron chi connectivity index (χ2n) is 9.91. The summed E-state index contributed by atoms with van der Waals surface area (Å²) in [4.78, 5) is 30.2. The third-order valence-electron chi connectivity index (χ3n) is 7.29. The average molecular weight is 493 g/mol. The molecule has 186 valence electrons. The van der Waals surface area contributed by atoms with Crippen LogP contribution in [0.4, 0.5) is 10.8 Å². The van der Waals surface area contributed by atoms with E-state index in [4.69, 9.17) is 4.98 Å². The summed E-state index contributed by atoms with van der Waals surface area (Å²) in [5.41, 5.74) is 3.60. The van der Waals surface area contributed by atoms with Gasteiger partial charge in [0, 0.05) is 63.1 Å². The van der Waals surface area contributed by atoms with Crippen molar-refractivity contribution in [3.63, 3.8) is 0 Å². The van der Waals surface area contributed by atoms with Crippen molar-refractivity contribution in [3.05, 3.63) is 48.2 Å². The number of thiazole rings is 1. The highest BCUT2D eigenvalue weighted by Crippen LogP contribution is 2.30. The number of hydrogen-bond acceptors (Lipinski definition) is 7. The van der Waals surface area contributed by atoms with E-state index < -0.39 is 0 Å². The van der Waals surface area contributed by atoms with Crippen LogP contribution in [0.1, 0.15) is 31.7 Å². The van der Waals surface area contributed by atoms with Gasteiger partial charge in [0.1, 0.15) is 10.3 Å². The molecule has 0 bridgehead atoms. The normalized spacial score (nSPS) is 19.9. The maximum Gasteiger partial charge on any atom is 0.223 e. The number of nitrogens with zero attached hydrogens (tertiary/aromatic N) is 5. The Bertz CT molecular complexity index is 1110. The van der Waals surface area contributed by atoms with Gasteiger partial charge >= 0.3 is 0 Å². The number of amides is 1. The van der Waals surface area contributed by atoms with Crippen LogP contribution in [-0.2, 0) is 4.79 Å². The van der Waals surface area contributed by atoms with Crippen molar-refractivity contribution in [3.8, 4) is 0 Å². The molecule has 7 nitrogen and oxygen atoms in total. The molecule has 5 rings (SSSR count). The van der Waals surface area contributed by atoms with Gasteiger partial charge in [0.05, 0.1) is 0 Å². The molecule has 2 aliphatic rings. The van der Waals surface area contributed by atoms with Crippen molar-refractivity contribution >= 4 is 38.4 Å². The number of aromatic nitrogens is 2. The Hall–Kier alpha value is -2.71. The van der Waals surface area contributed by atoms with E-state index in [1.165, 1.54) is 11.3 Å². The molecule has 35 heavy (non-hydrogen) atoms. The molecule has 0 saturated carbocycles. The fourth-order valence-corrected chi connectivity index (χ4v) is 6.27. The van der Waals surface area contributed by atoms with Gasteiger partial charge in [0.25, 0.3) is 0 Å². The van der Waals surface area contributed by atoms with Crippen LogP contribution in [0, 0.1) is 12.8 Å². The van der Waals surface area contributed by atoms with Gasteiger partial charge in [0.15, 0.2) is 5.13 Å². The number of benzene rings is 1. The average Bonchev–Trinajstić information content (AvgIpc) is 3.31. The Balaban J connectivity index is 1.01. The fourth-order valence-electron chi connectivity index (χ4n) is 5.31. The lowest BCUT2D eigenvalue weighted by Gasteiger charge is -2.41. The van der Waals surface area contributed by atoms with Crippen molar-refractivity contribution in [1.82, 2.24) is 20.2 Å². The maximum atomic E-state index is 12.7. The van der Waals surface area contributed by atoms with Gasteiger partial charge in [-0.3, -0.25) is 9.69 Å². The van der Waals surface area contributed by atoms with E-state index >= 15 is 0 Å². The maximum absolute atomic E-state index is 12.7. The molecule has 3 aromatic rings. The second kappa shape index (κ2) is 10.9. The minimum Gasteiger partial charge on any atom is -0.366 e. The van der Waals surface area contributed by atoms with E-state index in [2.05, 4.69) is 63.1 Å². The first-order chi connectivity index (χ1) is 17.1. The molecule has 2 saturated heterocycles. The molecule has 0 aliphatic carbocycles. The predicted molar refractivity (Wildman–Crippen MR) is 144 cm³/mol. The molecule has 0 radical (unpaired) electrons. The molecular weight excluding hydrogens is 456 g/mol. The van der Waals surface area contributed by atoms with Crippen LogP contribution >= 0.6 is 11.3 Å². The van der Waals surface area contributed by atoms with Crippen molar-refractivity contribution < 1.29 is 4.79 Å². The van der Waals surface area contributed by atoms with Crippen LogP contribution < -0.4 is 15.1 Å². The summed E-state index contributed by atoms with van der Waals surface area (Å²) in [6.45, 7) is 11.2. The van der Waals surface area contributed by atoms with E-state index in [-0.39, 0.29) is 11.8 Å². The smallest absolute Gasteiger partial charge is 0.223 e. The van der Waals surface area contributed by atoms with E-state index in [0.717, 1.165) is 80.6 Å². The number of piperidine rings is 1. The summed E-state index contributed by atoms with van der Waals surface area (Å²) in [5.74, 6) is 0.324. The summed E-state index contributed by atoms with van der Waals surface area (Å²) < 4.78 is 0. The zero-order chi connectivity index (χ0) is 24.2. The van der Waals surface area contributed by atoms with E-state index in [9.17, 15) is 4.79 Å². The first-order valence-electron chi connectivity index (χ1n) is 12.9. The highest BCUT2D eigenvalue weighted by atomic mass is 32.1. The Morgan fingerprint density at radius 2 is 2.00 bits per heavy atom. The molecule has 1 atom stereocenters. The van der Waals surface area contributed by atoms with Gasteiger partial charge in [-0.25, -0.2) is 9.97 Å². The van der Waals surface area contributed by atoms with Gasteiger partial charge in [0.2, 0.25) is 5.91 Å². The molecule has 8 heteroatoms. The number of nitrogens with one attached hydrogen (secondary N) is 1. The van der Waals surface area contributed by atoms with Gasteiger partial charge in [-0.1, -0.05) is 23.5 Å². The first-order valence-corrected chi connectivity index (χ1v) is 13.7. The number of rotatable bonds is 7. The first kappa shape index (κ1) is 24.0. The van der Waals surface area contributed by atoms with Crippen LogP contribution in [0.25, 0.3) is 10.3 Å². The molecule has 2 aromatic heterocycles. The van der Waals surface area contributed by atoms with Crippen molar-refractivity contribution in [2.75, 3.05) is 55.6 Å². The second-order valence-corrected chi connectivity index (χ2v) is 10.9. The van der Waals surface area contributed by atoms with Gasteiger partial charge in [-0.15, -0.1) is 0 Å². The van der Waals surface area contributed by atoms with E-state index in [1.807, 2.05) is 18.3 Å². The molecule has 1 N–H and O–H groups in total.